The van der Waals surface area contributed by atoms with Gasteiger partial charge in [-0.05, 0) is 53.0 Å². The van der Waals surface area contributed by atoms with Crippen molar-refractivity contribution in [1.82, 2.24) is 0 Å². The van der Waals surface area contributed by atoms with Gasteiger partial charge in [0, 0.05) is 21.3 Å². The van der Waals surface area contributed by atoms with Crippen LogP contribution in [0.5, 0.6) is 0 Å². The highest BCUT2D eigenvalue weighted by Gasteiger charge is 2.53. The summed E-state index contributed by atoms with van der Waals surface area (Å²) in [7, 11) is -1.78. The summed E-state index contributed by atoms with van der Waals surface area (Å²) in [5, 5.41) is -0.291. The molecule has 0 rings (SSSR count). The molecule has 134 valence electrons. The van der Waals surface area contributed by atoms with Crippen molar-refractivity contribution in [3.05, 3.63) is 0 Å². The molecular formula is C14H36O5Si3. The Morgan fingerprint density at radius 2 is 1.27 bits per heavy atom. The zero-order valence-electron chi connectivity index (χ0n) is 16.3. The summed E-state index contributed by atoms with van der Waals surface area (Å²) in [6.45, 7) is 17.3. The molecule has 1 atom stereocenters. The van der Waals surface area contributed by atoms with E-state index in [1.165, 1.54) is 0 Å². The molecular weight excluding hydrogens is 332 g/mol. The molecule has 0 bridgehead atoms. The first-order valence-corrected chi connectivity index (χ1v) is 16.0. The van der Waals surface area contributed by atoms with E-state index in [2.05, 4.69) is 53.5 Å². The standard InChI is InChI=1S/C14H36O5Si3/c1-12-13(22(15-4,16-5)17-6)18-21(10,11)14(2,3)19-20(7,8)9/h13H,12H2,1-11H3. The Kier molecular flexibility index (Phi) is 8.18. The largest absolute Gasteiger partial charge is 0.529 e. The molecule has 0 aromatic heterocycles. The molecule has 0 amide bonds. The minimum absolute atomic E-state index is 0.182. The van der Waals surface area contributed by atoms with Gasteiger partial charge >= 0.3 is 8.80 Å². The average Bonchev–Trinajstić information content (AvgIpc) is 2.36. The van der Waals surface area contributed by atoms with Gasteiger partial charge in [-0.1, -0.05) is 6.92 Å². The summed E-state index contributed by atoms with van der Waals surface area (Å²) in [6.07, 6.45) is 0.779. The first-order valence-electron chi connectivity index (χ1n) is 7.84. The Balaban J connectivity index is 5.37. The first-order chi connectivity index (χ1) is 9.80. The Hall–Kier alpha value is 0.451. The monoisotopic (exact) mass is 368 g/mol. The van der Waals surface area contributed by atoms with E-state index in [0.29, 0.717) is 0 Å². The summed E-state index contributed by atoms with van der Waals surface area (Å²) < 4.78 is 29.8. The van der Waals surface area contributed by atoms with E-state index in [-0.39, 0.29) is 11.0 Å². The quantitative estimate of drug-likeness (QED) is 0.552. The molecule has 0 heterocycles. The van der Waals surface area contributed by atoms with E-state index in [1.54, 1.807) is 21.3 Å². The van der Waals surface area contributed by atoms with Crippen LogP contribution in [0.15, 0.2) is 0 Å². The van der Waals surface area contributed by atoms with Crippen LogP contribution >= 0.6 is 0 Å². The van der Waals surface area contributed by atoms with Gasteiger partial charge in [-0.15, -0.1) is 0 Å². The molecule has 22 heavy (non-hydrogen) atoms. The van der Waals surface area contributed by atoms with Gasteiger partial charge in [-0.3, -0.25) is 0 Å². The maximum atomic E-state index is 6.56. The van der Waals surface area contributed by atoms with Crippen molar-refractivity contribution in [2.45, 2.75) is 70.9 Å². The summed E-state index contributed by atoms with van der Waals surface area (Å²) >= 11 is 0. The Morgan fingerprint density at radius 1 is 0.864 bits per heavy atom. The lowest BCUT2D eigenvalue weighted by Gasteiger charge is -2.46. The van der Waals surface area contributed by atoms with E-state index < -0.39 is 25.4 Å². The van der Waals surface area contributed by atoms with Crippen LogP contribution < -0.4 is 0 Å². The van der Waals surface area contributed by atoms with Crippen molar-refractivity contribution in [2.75, 3.05) is 21.3 Å². The number of rotatable bonds is 10. The predicted molar refractivity (Wildman–Crippen MR) is 97.9 cm³/mol. The first kappa shape index (κ1) is 22.5. The highest BCUT2D eigenvalue weighted by Crippen LogP contribution is 2.32. The molecule has 5 nitrogen and oxygen atoms in total. The van der Waals surface area contributed by atoms with Crippen LogP contribution in [0.25, 0.3) is 0 Å². The SMILES string of the molecule is CCC(O[Si](C)(C)C(C)(C)O[Si](C)(C)C)[Si](OC)(OC)OC. The predicted octanol–water partition coefficient (Wildman–Crippen LogP) is 3.57. The van der Waals surface area contributed by atoms with Crippen molar-refractivity contribution >= 4 is 25.4 Å². The van der Waals surface area contributed by atoms with Gasteiger partial charge in [0.1, 0.15) is 5.73 Å². The zero-order chi connectivity index (χ0) is 17.8. The Morgan fingerprint density at radius 3 is 1.55 bits per heavy atom. The lowest BCUT2D eigenvalue weighted by Crippen LogP contribution is -2.64. The third-order valence-corrected chi connectivity index (χ3v) is 12.5. The minimum Gasteiger partial charge on any atom is -0.413 e. The smallest absolute Gasteiger partial charge is 0.413 e. The average molecular weight is 369 g/mol. The lowest BCUT2D eigenvalue weighted by molar-refractivity contribution is 0.0512. The second kappa shape index (κ2) is 8.02. The van der Waals surface area contributed by atoms with E-state index in [0.717, 1.165) is 6.42 Å². The molecule has 0 aliphatic rings. The molecule has 0 aliphatic carbocycles. The second-order valence-electron chi connectivity index (χ2n) is 7.47. The highest BCUT2D eigenvalue weighted by molar-refractivity contribution is 6.77. The third-order valence-electron chi connectivity index (χ3n) is 4.07. The van der Waals surface area contributed by atoms with Crippen LogP contribution in [-0.2, 0) is 22.1 Å². The molecule has 8 heteroatoms. The maximum Gasteiger partial charge on any atom is 0.529 e. The van der Waals surface area contributed by atoms with E-state index in [9.17, 15) is 0 Å². The molecule has 0 fully saturated rings. The van der Waals surface area contributed by atoms with Crippen molar-refractivity contribution in [2.24, 2.45) is 0 Å². The van der Waals surface area contributed by atoms with Crippen LogP contribution in [0.3, 0.4) is 0 Å². The van der Waals surface area contributed by atoms with Crippen LogP contribution in [0.2, 0.25) is 32.7 Å². The normalized spacial score (nSPS) is 16.0. The fourth-order valence-corrected chi connectivity index (χ4v) is 10.3. The third kappa shape index (κ3) is 5.52. The summed E-state index contributed by atoms with van der Waals surface area (Å²) in [4.78, 5) is 0. The van der Waals surface area contributed by atoms with Gasteiger partial charge in [0.25, 0.3) is 0 Å². The van der Waals surface area contributed by atoms with Gasteiger partial charge in [0.15, 0.2) is 8.32 Å². The highest BCUT2D eigenvalue weighted by atomic mass is 28.4. The van der Waals surface area contributed by atoms with Crippen LogP contribution in [0.1, 0.15) is 27.2 Å². The second-order valence-corrected chi connectivity index (χ2v) is 19.4. The maximum absolute atomic E-state index is 6.56. The molecule has 0 spiro atoms. The van der Waals surface area contributed by atoms with E-state index in [1.807, 2.05) is 0 Å². The van der Waals surface area contributed by atoms with Gasteiger partial charge in [-0.2, -0.15) is 0 Å². The summed E-state index contributed by atoms with van der Waals surface area (Å²) in [5.41, 5.74) is -0.182. The van der Waals surface area contributed by atoms with Crippen LogP contribution in [-0.4, -0.2) is 57.7 Å². The van der Waals surface area contributed by atoms with Gasteiger partial charge in [0.2, 0.25) is 8.32 Å². The summed E-state index contributed by atoms with van der Waals surface area (Å²) in [5.74, 6) is 0. The minimum atomic E-state index is -2.83. The van der Waals surface area contributed by atoms with Crippen LogP contribution in [0.4, 0.5) is 0 Å². The molecule has 1 unspecified atom stereocenters. The number of hydrogen-bond donors (Lipinski definition) is 0. The van der Waals surface area contributed by atoms with Gasteiger partial charge in [-0.25, -0.2) is 0 Å². The molecule has 0 N–H and O–H groups in total. The summed E-state index contributed by atoms with van der Waals surface area (Å²) in [6, 6.07) is 0. The molecule has 0 saturated heterocycles. The van der Waals surface area contributed by atoms with Crippen molar-refractivity contribution in [3.8, 4) is 0 Å². The Labute approximate surface area is 140 Å². The van der Waals surface area contributed by atoms with Gasteiger partial charge < -0.3 is 22.1 Å². The van der Waals surface area contributed by atoms with Crippen molar-refractivity contribution in [3.63, 3.8) is 0 Å². The topological polar surface area (TPSA) is 46.2 Å². The van der Waals surface area contributed by atoms with E-state index in [4.69, 9.17) is 22.1 Å². The van der Waals surface area contributed by atoms with Crippen molar-refractivity contribution < 1.29 is 22.1 Å². The molecule has 0 aromatic rings. The molecule has 0 aliphatic heterocycles. The molecule has 0 saturated carbocycles. The molecule has 0 radical (unpaired) electrons. The molecule has 0 aromatic carbocycles. The fraction of sp³-hybridized carbons (Fsp3) is 1.00. The van der Waals surface area contributed by atoms with E-state index >= 15 is 0 Å². The number of hydrogen-bond acceptors (Lipinski definition) is 5. The zero-order valence-corrected chi connectivity index (χ0v) is 19.3. The fourth-order valence-electron chi connectivity index (χ4n) is 2.44. The van der Waals surface area contributed by atoms with Gasteiger partial charge in [0.05, 0.1) is 5.22 Å². The Bertz CT molecular complexity index is 330. The van der Waals surface area contributed by atoms with Crippen LogP contribution in [0, 0.1) is 0 Å². The lowest BCUT2D eigenvalue weighted by atomic mass is 10.5. The van der Waals surface area contributed by atoms with Crippen molar-refractivity contribution in [1.29, 1.82) is 0 Å².